The van der Waals surface area contributed by atoms with Crippen LogP contribution in [0.3, 0.4) is 0 Å². The minimum atomic E-state index is -0.102. The second kappa shape index (κ2) is 8.36. The summed E-state index contributed by atoms with van der Waals surface area (Å²) in [6.07, 6.45) is 8.53. The van der Waals surface area contributed by atoms with Gasteiger partial charge in [0.05, 0.1) is 23.1 Å². The molecule has 30 heavy (non-hydrogen) atoms. The van der Waals surface area contributed by atoms with E-state index in [4.69, 9.17) is 4.52 Å². The minimum absolute atomic E-state index is 0.102. The summed E-state index contributed by atoms with van der Waals surface area (Å²) in [5, 5.41) is 10.1. The van der Waals surface area contributed by atoms with E-state index in [1.54, 1.807) is 18.3 Å². The van der Waals surface area contributed by atoms with E-state index >= 15 is 0 Å². The second-order valence-corrected chi connectivity index (χ2v) is 7.17. The first-order chi connectivity index (χ1) is 14.6. The van der Waals surface area contributed by atoms with Crippen molar-refractivity contribution in [3.63, 3.8) is 0 Å². The maximum atomic E-state index is 12.5. The molecule has 0 aliphatic carbocycles. The molecule has 0 atom stereocenters. The first-order valence-electron chi connectivity index (χ1n) is 9.92. The van der Waals surface area contributed by atoms with E-state index in [0.29, 0.717) is 17.8 Å². The average molecular weight is 405 g/mol. The predicted molar refractivity (Wildman–Crippen MR) is 113 cm³/mol. The standard InChI is InChI=1S/C22H24N6O2/c1-15-21(16(2)30-26-15)19-14-25-20-13-17(5-12-28(19)20)22(29)24-8-4-9-27-10-6-18(23-3)7-11-27/h5-7,10-14H,4,8-9H2,1-3H3,(H,24,29)/p+1. The first-order valence-corrected chi connectivity index (χ1v) is 9.92. The SMILES string of the molecule is CNc1cc[n+](CCCNC(=O)c2ccn3c(-c4c(C)noc4C)cnc3c2)cc1. The zero-order valence-corrected chi connectivity index (χ0v) is 17.3. The summed E-state index contributed by atoms with van der Waals surface area (Å²) in [5.74, 6) is 0.643. The Morgan fingerprint density at radius 1 is 1.23 bits per heavy atom. The van der Waals surface area contributed by atoms with Crippen molar-refractivity contribution in [1.82, 2.24) is 19.9 Å². The molecule has 0 saturated heterocycles. The number of carbonyl (C=O) groups is 1. The number of nitrogens with one attached hydrogen (secondary N) is 2. The van der Waals surface area contributed by atoms with Crippen LogP contribution in [0.4, 0.5) is 5.69 Å². The van der Waals surface area contributed by atoms with Gasteiger partial charge in [0.25, 0.3) is 5.91 Å². The molecule has 0 aliphatic rings. The molecule has 0 radical (unpaired) electrons. The van der Waals surface area contributed by atoms with Gasteiger partial charge in [-0.2, -0.15) is 0 Å². The second-order valence-electron chi connectivity index (χ2n) is 7.17. The predicted octanol–water partition coefficient (Wildman–Crippen LogP) is 2.76. The van der Waals surface area contributed by atoms with E-state index in [9.17, 15) is 4.79 Å². The van der Waals surface area contributed by atoms with E-state index < -0.39 is 0 Å². The van der Waals surface area contributed by atoms with Crippen LogP contribution in [-0.4, -0.2) is 34.0 Å². The molecular formula is C22H25N6O2+. The summed E-state index contributed by atoms with van der Waals surface area (Å²) in [5.41, 5.74) is 5.01. The maximum absolute atomic E-state index is 12.5. The number of aryl methyl sites for hydroxylation is 3. The Kier molecular flexibility index (Phi) is 5.47. The summed E-state index contributed by atoms with van der Waals surface area (Å²) in [6, 6.07) is 7.64. The van der Waals surface area contributed by atoms with Crippen LogP contribution >= 0.6 is 0 Å². The average Bonchev–Trinajstić information content (AvgIpc) is 3.33. The fourth-order valence-corrected chi connectivity index (χ4v) is 3.49. The molecule has 4 heterocycles. The molecule has 4 aromatic heterocycles. The van der Waals surface area contributed by atoms with Crippen LogP contribution < -0.4 is 15.2 Å². The van der Waals surface area contributed by atoms with Gasteiger partial charge < -0.3 is 15.2 Å². The van der Waals surface area contributed by atoms with Gasteiger partial charge in [0.15, 0.2) is 12.4 Å². The number of carbonyl (C=O) groups excluding carboxylic acids is 1. The van der Waals surface area contributed by atoms with Crippen molar-refractivity contribution in [2.75, 3.05) is 18.9 Å². The highest BCUT2D eigenvalue weighted by molar-refractivity contribution is 5.95. The van der Waals surface area contributed by atoms with Gasteiger partial charge in [-0.1, -0.05) is 5.16 Å². The number of amides is 1. The minimum Gasteiger partial charge on any atom is -0.388 e. The van der Waals surface area contributed by atoms with Crippen molar-refractivity contribution < 1.29 is 13.9 Å². The lowest BCUT2D eigenvalue weighted by molar-refractivity contribution is -0.697. The smallest absolute Gasteiger partial charge is 0.251 e. The molecule has 0 aromatic carbocycles. The van der Waals surface area contributed by atoms with E-state index in [1.165, 1.54) is 0 Å². The highest BCUT2D eigenvalue weighted by Crippen LogP contribution is 2.27. The molecule has 4 rings (SSSR count). The summed E-state index contributed by atoms with van der Waals surface area (Å²) in [6.45, 7) is 5.22. The molecule has 1 amide bonds. The Bertz CT molecular complexity index is 1160. The largest absolute Gasteiger partial charge is 0.388 e. The van der Waals surface area contributed by atoms with Gasteiger partial charge in [-0.3, -0.25) is 9.20 Å². The number of anilines is 1. The number of hydrogen-bond donors (Lipinski definition) is 2. The fraction of sp³-hybridized carbons (Fsp3) is 0.273. The van der Waals surface area contributed by atoms with Crippen molar-refractivity contribution in [3.8, 4) is 11.3 Å². The van der Waals surface area contributed by atoms with Crippen LogP contribution in [0.5, 0.6) is 0 Å². The molecule has 0 spiro atoms. The number of rotatable bonds is 7. The van der Waals surface area contributed by atoms with Crippen LogP contribution in [0.25, 0.3) is 16.9 Å². The third-order valence-corrected chi connectivity index (χ3v) is 5.12. The Morgan fingerprint density at radius 3 is 2.73 bits per heavy atom. The summed E-state index contributed by atoms with van der Waals surface area (Å²) < 4.78 is 9.30. The van der Waals surface area contributed by atoms with Gasteiger partial charge in [0, 0.05) is 49.6 Å². The van der Waals surface area contributed by atoms with Crippen LogP contribution in [-0.2, 0) is 6.54 Å². The summed E-state index contributed by atoms with van der Waals surface area (Å²) >= 11 is 0. The van der Waals surface area contributed by atoms with Gasteiger partial charge in [-0.25, -0.2) is 9.55 Å². The van der Waals surface area contributed by atoms with Crippen LogP contribution in [0.2, 0.25) is 0 Å². The maximum Gasteiger partial charge on any atom is 0.251 e. The van der Waals surface area contributed by atoms with Gasteiger partial charge in [0.2, 0.25) is 0 Å². The van der Waals surface area contributed by atoms with Crippen molar-refractivity contribution >= 4 is 17.2 Å². The fourth-order valence-electron chi connectivity index (χ4n) is 3.49. The molecular weight excluding hydrogens is 380 g/mol. The van der Waals surface area contributed by atoms with Crippen molar-refractivity contribution in [2.45, 2.75) is 26.8 Å². The normalized spacial score (nSPS) is 11.0. The molecule has 0 saturated carbocycles. The van der Waals surface area contributed by atoms with Crippen molar-refractivity contribution in [1.29, 1.82) is 0 Å². The van der Waals surface area contributed by atoms with E-state index in [1.807, 2.05) is 56.0 Å². The molecule has 0 bridgehead atoms. The highest BCUT2D eigenvalue weighted by Gasteiger charge is 2.16. The monoisotopic (exact) mass is 405 g/mol. The van der Waals surface area contributed by atoms with E-state index in [2.05, 4.69) is 25.3 Å². The van der Waals surface area contributed by atoms with Crippen molar-refractivity contribution in [2.24, 2.45) is 0 Å². The van der Waals surface area contributed by atoms with Gasteiger partial charge in [-0.15, -0.1) is 0 Å². The zero-order valence-electron chi connectivity index (χ0n) is 17.3. The summed E-state index contributed by atoms with van der Waals surface area (Å²) in [7, 11) is 1.90. The lowest BCUT2D eigenvalue weighted by Gasteiger charge is -2.06. The van der Waals surface area contributed by atoms with Crippen LogP contribution in [0, 0.1) is 13.8 Å². The van der Waals surface area contributed by atoms with Crippen LogP contribution in [0.15, 0.2) is 53.6 Å². The Hall–Kier alpha value is -3.68. The van der Waals surface area contributed by atoms with E-state index in [0.717, 1.165) is 41.4 Å². The summed E-state index contributed by atoms with van der Waals surface area (Å²) in [4.78, 5) is 17.0. The molecule has 8 heteroatoms. The lowest BCUT2D eigenvalue weighted by atomic mass is 10.1. The Balaban J connectivity index is 1.39. The van der Waals surface area contributed by atoms with Gasteiger partial charge in [-0.05, 0) is 26.0 Å². The lowest BCUT2D eigenvalue weighted by Crippen LogP contribution is -2.35. The molecule has 0 unspecified atom stereocenters. The van der Waals surface area contributed by atoms with Gasteiger partial charge in [0.1, 0.15) is 18.0 Å². The number of hydrogen-bond acceptors (Lipinski definition) is 5. The van der Waals surface area contributed by atoms with E-state index in [-0.39, 0.29) is 5.91 Å². The quantitative estimate of drug-likeness (QED) is 0.365. The van der Waals surface area contributed by atoms with Crippen molar-refractivity contribution in [3.05, 3.63) is 66.1 Å². The van der Waals surface area contributed by atoms with Gasteiger partial charge >= 0.3 is 0 Å². The molecule has 2 N–H and O–H groups in total. The number of imidazole rings is 1. The third kappa shape index (κ3) is 3.89. The zero-order chi connectivity index (χ0) is 21.1. The first kappa shape index (κ1) is 19.6. The number of fused-ring (bicyclic) bond motifs is 1. The highest BCUT2D eigenvalue weighted by atomic mass is 16.5. The molecule has 4 aromatic rings. The number of pyridine rings is 2. The molecule has 0 aliphatic heterocycles. The Morgan fingerprint density at radius 2 is 2.03 bits per heavy atom. The molecule has 8 nitrogen and oxygen atoms in total. The topological polar surface area (TPSA) is 88.3 Å². The third-order valence-electron chi connectivity index (χ3n) is 5.12. The Labute approximate surface area is 174 Å². The van der Waals surface area contributed by atoms with Crippen LogP contribution in [0.1, 0.15) is 28.2 Å². The molecule has 154 valence electrons. The molecule has 0 fully saturated rings. The number of nitrogens with zero attached hydrogens (tertiary/aromatic N) is 4. The number of aromatic nitrogens is 4.